The van der Waals surface area contributed by atoms with E-state index in [9.17, 15) is 4.79 Å². The van der Waals surface area contributed by atoms with Crippen LogP contribution in [0, 0.1) is 0 Å². The Kier molecular flexibility index (Phi) is 5.12. The lowest BCUT2D eigenvalue weighted by Gasteiger charge is -2.00. The number of carbonyl (C=O) groups is 1. The minimum absolute atomic E-state index is 0.0401. The third-order valence-electron chi connectivity index (χ3n) is 2.72. The second kappa shape index (κ2) is 7.05. The smallest absolute Gasteiger partial charge is 0.228 e. The number of hydrogen-bond acceptors (Lipinski definition) is 4. The van der Waals surface area contributed by atoms with E-state index < -0.39 is 0 Å². The molecule has 0 aliphatic heterocycles. The minimum Gasteiger partial charge on any atom is -0.356 e. The highest BCUT2D eigenvalue weighted by molar-refractivity contribution is 6.33. The van der Waals surface area contributed by atoms with Crippen molar-refractivity contribution in [3.8, 4) is 11.4 Å². The Morgan fingerprint density at radius 2 is 2.20 bits per heavy atom. The molecule has 0 radical (unpaired) electrons. The van der Waals surface area contributed by atoms with Gasteiger partial charge in [0, 0.05) is 24.9 Å². The molecule has 2 aromatic rings. The number of nitrogens with one attached hydrogen (secondary N) is 1. The van der Waals surface area contributed by atoms with Gasteiger partial charge in [-0.3, -0.25) is 4.79 Å². The van der Waals surface area contributed by atoms with Crippen LogP contribution in [0.25, 0.3) is 11.4 Å². The summed E-state index contributed by atoms with van der Waals surface area (Å²) in [5, 5.41) is 7.28. The zero-order chi connectivity index (χ0) is 14.4. The van der Waals surface area contributed by atoms with Gasteiger partial charge in [0.25, 0.3) is 0 Å². The first kappa shape index (κ1) is 14.5. The maximum Gasteiger partial charge on any atom is 0.228 e. The molecule has 1 aromatic carbocycles. The molecule has 5 nitrogen and oxygen atoms in total. The predicted octanol–water partition coefficient (Wildman–Crippen LogP) is 2.85. The van der Waals surface area contributed by atoms with Crippen LogP contribution in [0.5, 0.6) is 0 Å². The Balaban J connectivity index is 1.93. The molecule has 1 heterocycles. The topological polar surface area (TPSA) is 68.0 Å². The van der Waals surface area contributed by atoms with Crippen molar-refractivity contribution in [1.29, 1.82) is 0 Å². The Morgan fingerprint density at radius 3 is 2.95 bits per heavy atom. The quantitative estimate of drug-likeness (QED) is 0.889. The summed E-state index contributed by atoms with van der Waals surface area (Å²) in [4.78, 5) is 15.6. The van der Waals surface area contributed by atoms with Crippen LogP contribution in [-0.2, 0) is 11.2 Å². The Hall–Kier alpha value is -1.88. The third-order valence-corrected chi connectivity index (χ3v) is 3.05. The van der Waals surface area contributed by atoms with E-state index in [-0.39, 0.29) is 5.91 Å². The molecule has 0 aliphatic rings. The first-order valence-electron chi connectivity index (χ1n) is 6.55. The van der Waals surface area contributed by atoms with E-state index >= 15 is 0 Å². The van der Waals surface area contributed by atoms with Crippen LogP contribution in [0.15, 0.2) is 28.8 Å². The highest BCUT2D eigenvalue weighted by Gasteiger charge is 2.11. The fourth-order valence-corrected chi connectivity index (χ4v) is 1.95. The second-order valence-electron chi connectivity index (χ2n) is 4.34. The number of carbonyl (C=O) groups excluding carboxylic acids is 1. The van der Waals surface area contributed by atoms with Gasteiger partial charge in [-0.1, -0.05) is 35.8 Å². The lowest BCUT2D eigenvalue weighted by atomic mass is 10.2. The summed E-state index contributed by atoms with van der Waals surface area (Å²) >= 11 is 6.07. The molecule has 0 bridgehead atoms. The monoisotopic (exact) mass is 293 g/mol. The zero-order valence-corrected chi connectivity index (χ0v) is 12.0. The molecule has 0 spiro atoms. The normalized spacial score (nSPS) is 10.5. The van der Waals surface area contributed by atoms with Crippen molar-refractivity contribution in [2.45, 2.75) is 26.2 Å². The van der Waals surface area contributed by atoms with E-state index in [1.165, 1.54) is 0 Å². The van der Waals surface area contributed by atoms with Crippen LogP contribution < -0.4 is 5.32 Å². The van der Waals surface area contributed by atoms with Gasteiger partial charge < -0.3 is 9.84 Å². The summed E-state index contributed by atoms with van der Waals surface area (Å²) in [7, 11) is 0. The largest absolute Gasteiger partial charge is 0.356 e. The van der Waals surface area contributed by atoms with Gasteiger partial charge in [-0.05, 0) is 18.6 Å². The number of nitrogens with zero attached hydrogens (tertiary/aromatic N) is 2. The number of halogens is 1. The number of aromatic nitrogens is 2. The van der Waals surface area contributed by atoms with Crippen LogP contribution in [-0.4, -0.2) is 22.6 Å². The standard InChI is InChI=1S/C14H16ClN3O2/c1-2-5-12(19)16-9-8-13-17-14(18-20-13)10-6-3-4-7-11(10)15/h3-4,6-7H,2,5,8-9H2,1H3,(H,16,19). The van der Waals surface area contributed by atoms with Crippen molar-refractivity contribution >= 4 is 17.5 Å². The molecule has 0 aliphatic carbocycles. The van der Waals surface area contributed by atoms with Crippen molar-refractivity contribution in [2.75, 3.05) is 6.54 Å². The molecule has 6 heteroatoms. The third kappa shape index (κ3) is 3.81. The van der Waals surface area contributed by atoms with Crippen LogP contribution in [0.1, 0.15) is 25.7 Å². The highest BCUT2D eigenvalue weighted by Crippen LogP contribution is 2.24. The van der Waals surface area contributed by atoms with Crippen molar-refractivity contribution in [2.24, 2.45) is 0 Å². The van der Waals surface area contributed by atoms with Crippen molar-refractivity contribution in [3.63, 3.8) is 0 Å². The SMILES string of the molecule is CCCC(=O)NCCc1nc(-c2ccccc2Cl)no1. The van der Waals surface area contributed by atoms with Gasteiger partial charge in [-0.2, -0.15) is 4.98 Å². The van der Waals surface area contributed by atoms with Gasteiger partial charge in [-0.15, -0.1) is 0 Å². The highest BCUT2D eigenvalue weighted by atomic mass is 35.5. The van der Waals surface area contributed by atoms with Crippen molar-refractivity contribution < 1.29 is 9.32 Å². The summed E-state index contributed by atoms with van der Waals surface area (Å²) in [5.74, 6) is 0.987. The van der Waals surface area contributed by atoms with Crippen molar-refractivity contribution in [3.05, 3.63) is 35.2 Å². The summed E-state index contributed by atoms with van der Waals surface area (Å²) in [6.45, 7) is 2.45. The summed E-state index contributed by atoms with van der Waals surface area (Å²) in [5.41, 5.74) is 0.735. The molecular weight excluding hydrogens is 278 g/mol. The van der Waals surface area contributed by atoms with Crippen LogP contribution in [0.3, 0.4) is 0 Å². The molecule has 2 rings (SSSR count). The van der Waals surface area contributed by atoms with Crippen molar-refractivity contribution in [1.82, 2.24) is 15.5 Å². The lowest BCUT2D eigenvalue weighted by Crippen LogP contribution is -2.25. The van der Waals surface area contributed by atoms with Crippen LogP contribution in [0.4, 0.5) is 0 Å². The second-order valence-corrected chi connectivity index (χ2v) is 4.75. The van der Waals surface area contributed by atoms with Gasteiger partial charge in [-0.25, -0.2) is 0 Å². The fourth-order valence-electron chi connectivity index (χ4n) is 1.73. The number of amides is 1. The first-order valence-corrected chi connectivity index (χ1v) is 6.92. The average molecular weight is 294 g/mol. The number of benzene rings is 1. The molecule has 106 valence electrons. The predicted molar refractivity (Wildman–Crippen MR) is 76.4 cm³/mol. The Labute approximate surface area is 122 Å². The summed E-state index contributed by atoms with van der Waals surface area (Å²) < 4.78 is 5.14. The maximum absolute atomic E-state index is 11.3. The molecule has 0 fully saturated rings. The lowest BCUT2D eigenvalue weighted by molar-refractivity contribution is -0.121. The van der Waals surface area contributed by atoms with E-state index in [0.29, 0.717) is 36.1 Å². The van der Waals surface area contributed by atoms with Crippen LogP contribution >= 0.6 is 11.6 Å². The maximum atomic E-state index is 11.3. The average Bonchev–Trinajstić information content (AvgIpc) is 2.88. The zero-order valence-electron chi connectivity index (χ0n) is 11.2. The molecule has 0 atom stereocenters. The van der Waals surface area contributed by atoms with E-state index in [2.05, 4.69) is 15.5 Å². The summed E-state index contributed by atoms with van der Waals surface area (Å²) in [6.07, 6.45) is 1.88. The molecule has 1 N–H and O–H groups in total. The Morgan fingerprint density at radius 1 is 1.40 bits per heavy atom. The molecule has 0 unspecified atom stereocenters. The number of rotatable bonds is 6. The fraction of sp³-hybridized carbons (Fsp3) is 0.357. The van der Waals surface area contributed by atoms with Gasteiger partial charge in [0.2, 0.25) is 17.6 Å². The van der Waals surface area contributed by atoms with E-state index in [1.807, 2.05) is 25.1 Å². The van der Waals surface area contributed by atoms with Gasteiger partial charge in [0.15, 0.2) is 0 Å². The van der Waals surface area contributed by atoms with Gasteiger partial charge in [0.05, 0.1) is 5.02 Å². The minimum atomic E-state index is 0.0401. The molecule has 1 amide bonds. The van der Waals surface area contributed by atoms with Gasteiger partial charge in [0.1, 0.15) is 0 Å². The van der Waals surface area contributed by atoms with E-state index in [4.69, 9.17) is 16.1 Å². The Bertz CT molecular complexity index is 583. The molecule has 1 aromatic heterocycles. The molecule has 0 saturated carbocycles. The number of hydrogen-bond donors (Lipinski definition) is 1. The molecule has 0 saturated heterocycles. The molecule has 20 heavy (non-hydrogen) atoms. The summed E-state index contributed by atoms with van der Waals surface area (Å²) in [6, 6.07) is 7.32. The van der Waals surface area contributed by atoms with Gasteiger partial charge >= 0.3 is 0 Å². The van der Waals surface area contributed by atoms with E-state index in [1.54, 1.807) is 6.07 Å². The first-order chi connectivity index (χ1) is 9.70. The molecular formula is C14H16ClN3O2. The van der Waals surface area contributed by atoms with Crippen LogP contribution in [0.2, 0.25) is 5.02 Å². The van der Waals surface area contributed by atoms with E-state index in [0.717, 1.165) is 12.0 Å².